The number of nitrogens with zero attached hydrogens (tertiary/aromatic N) is 4. The Morgan fingerprint density at radius 1 is 1.24 bits per heavy atom. The molecule has 0 aromatic carbocycles. The number of nitrogen functional groups attached to an aromatic ring is 1. The molecule has 0 atom stereocenters. The monoisotopic (exact) mass is 487 g/mol. The summed E-state index contributed by atoms with van der Waals surface area (Å²) in [6.07, 6.45) is 3.22. The molecule has 0 unspecified atom stereocenters. The van der Waals surface area contributed by atoms with Crippen molar-refractivity contribution in [1.29, 1.82) is 0 Å². The van der Waals surface area contributed by atoms with Gasteiger partial charge in [-0.25, -0.2) is 19.6 Å². The summed E-state index contributed by atoms with van der Waals surface area (Å²) in [6, 6.07) is 3.39. The highest BCUT2D eigenvalue weighted by Gasteiger charge is 2.25. The van der Waals surface area contributed by atoms with E-state index < -0.39 is 35.2 Å². The second-order valence-corrected chi connectivity index (χ2v) is 8.70. The Bertz CT molecular complexity index is 1360. The van der Waals surface area contributed by atoms with Crippen molar-refractivity contribution in [1.82, 2.24) is 19.1 Å². The lowest BCUT2D eigenvalue weighted by molar-refractivity contribution is 0.0468. The van der Waals surface area contributed by atoms with E-state index in [1.807, 2.05) is 13.8 Å². The Morgan fingerprint density at radius 3 is 2.53 bits per heavy atom. The third-order valence-corrected chi connectivity index (χ3v) is 5.62. The zero-order valence-corrected chi connectivity index (χ0v) is 20.3. The lowest BCUT2D eigenvalue weighted by Crippen LogP contribution is -2.43. The van der Waals surface area contributed by atoms with Crippen LogP contribution in [0, 0.1) is 12.8 Å². The fourth-order valence-corrected chi connectivity index (χ4v) is 3.92. The van der Waals surface area contributed by atoms with Crippen LogP contribution in [-0.4, -0.2) is 43.7 Å². The number of carbonyl (C=O) groups excluding carboxylic acids is 2. The summed E-state index contributed by atoms with van der Waals surface area (Å²) in [7, 11) is 1.26. The number of rotatable bonds is 8. The fourth-order valence-electron chi connectivity index (χ4n) is 3.31. The van der Waals surface area contributed by atoms with Gasteiger partial charge in [-0.05, 0) is 31.2 Å². The topological polar surface area (TPSA) is 152 Å². The second-order valence-electron chi connectivity index (χ2n) is 7.90. The summed E-state index contributed by atoms with van der Waals surface area (Å²) in [5.74, 6) is -1.11. The molecule has 0 radical (unpaired) electrons. The molecule has 0 saturated carbocycles. The minimum absolute atomic E-state index is 0.0374. The van der Waals surface area contributed by atoms with Crippen LogP contribution in [0.15, 0.2) is 37.4 Å². The number of aryl methyl sites for hydroxylation is 1. The summed E-state index contributed by atoms with van der Waals surface area (Å²) in [5.41, 5.74) is 4.57. The van der Waals surface area contributed by atoms with Gasteiger partial charge in [-0.1, -0.05) is 13.8 Å². The first-order valence-corrected chi connectivity index (χ1v) is 11.5. The van der Waals surface area contributed by atoms with Crippen LogP contribution in [0.4, 0.5) is 5.82 Å². The number of esters is 1. The van der Waals surface area contributed by atoms with E-state index in [1.165, 1.54) is 25.1 Å². The first kappa shape index (κ1) is 25.0. The van der Waals surface area contributed by atoms with E-state index in [1.54, 1.807) is 25.3 Å². The number of furan rings is 1. The van der Waals surface area contributed by atoms with Gasteiger partial charge >= 0.3 is 11.7 Å². The first-order chi connectivity index (χ1) is 16.1. The van der Waals surface area contributed by atoms with Gasteiger partial charge in [0.15, 0.2) is 18.2 Å². The Kier molecular flexibility index (Phi) is 7.40. The maximum absolute atomic E-state index is 12.8. The summed E-state index contributed by atoms with van der Waals surface area (Å²) in [4.78, 5) is 59.3. The molecule has 0 bridgehead atoms. The van der Waals surface area contributed by atoms with E-state index in [0.29, 0.717) is 22.3 Å². The van der Waals surface area contributed by atoms with Crippen molar-refractivity contribution < 1.29 is 18.7 Å². The van der Waals surface area contributed by atoms with Gasteiger partial charge in [0.25, 0.3) is 5.56 Å². The second kappa shape index (κ2) is 10.1. The molecule has 11 nitrogen and oxygen atoms in total. The Hall–Kier alpha value is -3.67. The molecule has 2 N–H and O–H groups in total. The van der Waals surface area contributed by atoms with Crippen molar-refractivity contribution in [3.05, 3.63) is 56.1 Å². The molecule has 0 amide bonds. The lowest BCUT2D eigenvalue weighted by atomic mass is 10.1. The molecular weight excluding hydrogens is 462 g/mol. The van der Waals surface area contributed by atoms with Crippen molar-refractivity contribution in [2.45, 2.75) is 32.3 Å². The molecule has 0 aliphatic heterocycles. The third-order valence-electron chi connectivity index (χ3n) is 4.94. The molecule has 34 heavy (non-hydrogen) atoms. The molecular formula is C22H25N5O6S. The molecule has 3 heterocycles. The molecule has 180 valence electrons. The number of aromatic nitrogens is 4. The molecule has 3 aromatic rings. The molecule has 0 fully saturated rings. The highest BCUT2D eigenvalue weighted by molar-refractivity contribution is 7.98. The van der Waals surface area contributed by atoms with Crippen molar-refractivity contribution in [3.63, 3.8) is 0 Å². The Balaban J connectivity index is 1.89. The van der Waals surface area contributed by atoms with Crippen molar-refractivity contribution in [3.8, 4) is 11.6 Å². The van der Waals surface area contributed by atoms with Crippen molar-refractivity contribution in [2.24, 2.45) is 13.0 Å². The van der Waals surface area contributed by atoms with Gasteiger partial charge in [-0.2, -0.15) is 0 Å². The van der Waals surface area contributed by atoms with Gasteiger partial charge < -0.3 is 14.9 Å². The molecule has 3 rings (SSSR count). The van der Waals surface area contributed by atoms with Crippen LogP contribution in [0.5, 0.6) is 0 Å². The average Bonchev–Trinajstić information content (AvgIpc) is 3.33. The van der Waals surface area contributed by atoms with Crippen LogP contribution in [0.25, 0.3) is 11.6 Å². The molecule has 0 aliphatic carbocycles. The maximum atomic E-state index is 12.8. The van der Waals surface area contributed by atoms with Crippen LogP contribution < -0.4 is 17.0 Å². The number of hydrogen-bond donors (Lipinski definition) is 1. The van der Waals surface area contributed by atoms with Crippen LogP contribution in [0.3, 0.4) is 0 Å². The summed E-state index contributed by atoms with van der Waals surface area (Å²) >= 11 is 1.21. The van der Waals surface area contributed by atoms with Gasteiger partial charge in [0.2, 0.25) is 5.78 Å². The number of hydrogen-bond acceptors (Lipinski definition) is 10. The fraction of sp³-hybridized carbons (Fsp3) is 0.364. The van der Waals surface area contributed by atoms with Crippen LogP contribution in [0.1, 0.15) is 40.3 Å². The van der Waals surface area contributed by atoms with E-state index in [2.05, 4.69) is 9.97 Å². The molecule has 0 spiro atoms. The molecule has 12 heteroatoms. The predicted octanol–water partition coefficient (Wildman–Crippen LogP) is 1.91. The summed E-state index contributed by atoms with van der Waals surface area (Å²) in [5, 5.41) is 0.345. The van der Waals surface area contributed by atoms with E-state index in [-0.39, 0.29) is 23.8 Å². The number of carbonyl (C=O) groups is 2. The van der Waals surface area contributed by atoms with Gasteiger partial charge in [0.05, 0.1) is 12.0 Å². The van der Waals surface area contributed by atoms with Gasteiger partial charge in [-0.3, -0.25) is 18.7 Å². The zero-order chi connectivity index (χ0) is 25.2. The summed E-state index contributed by atoms with van der Waals surface area (Å²) in [6.45, 7) is 4.82. The van der Waals surface area contributed by atoms with Crippen molar-refractivity contribution in [2.75, 3.05) is 18.6 Å². The van der Waals surface area contributed by atoms with Crippen molar-refractivity contribution >= 4 is 29.3 Å². The van der Waals surface area contributed by atoms with Gasteiger partial charge in [0, 0.05) is 13.6 Å². The Morgan fingerprint density at radius 2 is 1.94 bits per heavy atom. The largest absolute Gasteiger partial charge is 0.461 e. The highest BCUT2D eigenvalue weighted by atomic mass is 32.2. The number of anilines is 1. The lowest BCUT2D eigenvalue weighted by Gasteiger charge is -2.16. The number of ketones is 1. The third kappa shape index (κ3) is 4.81. The van der Waals surface area contributed by atoms with Gasteiger partial charge in [0.1, 0.15) is 22.0 Å². The quantitative estimate of drug-likeness (QED) is 0.216. The normalized spacial score (nSPS) is 11.1. The number of Topliss-reactive ketones (excluding diaryl/α,β-unsaturated/α-hetero) is 1. The van der Waals surface area contributed by atoms with Crippen LogP contribution in [0.2, 0.25) is 0 Å². The van der Waals surface area contributed by atoms with Crippen LogP contribution >= 0.6 is 11.8 Å². The standard InChI is InChI=1S/C22H25N5O6S/c1-11(2)9-27-17(23)16(20(29)26(4)22(27)31)13(28)10-33-21(30)15-12(3)24-18(25-19(15)34-5)14-7-6-8-32-14/h6-8,11H,9-10,23H2,1-5H3. The zero-order valence-electron chi connectivity index (χ0n) is 19.4. The maximum Gasteiger partial charge on any atom is 0.343 e. The molecule has 0 saturated heterocycles. The van der Waals surface area contributed by atoms with E-state index in [0.717, 1.165) is 9.13 Å². The number of nitrogens with two attached hydrogens (primary N) is 1. The first-order valence-electron chi connectivity index (χ1n) is 10.3. The summed E-state index contributed by atoms with van der Waals surface area (Å²) < 4.78 is 12.5. The SMILES string of the molecule is CSc1nc(-c2ccco2)nc(C)c1C(=O)OCC(=O)c1c(N)n(CC(C)C)c(=O)n(C)c1=O. The number of thioether (sulfide) groups is 1. The van der Waals surface area contributed by atoms with E-state index in [4.69, 9.17) is 14.9 Å². The molecule has 0 aliphatic rings. The Labute approximate surface area is 199 Å². The van der Waals surface area contributed by atoms with E-state index in [9.17, 15) is 19.2 Å². The van der Waals surface area contributed by atoms with E-state index >= 15 is 0 Å². The minimum Gasteiger partial charge on any atom is -0.461 e. The smallest absolute Gasteiger partial charge is 0.343 e. The molecule has 3 aromatic heterocycles. The number of ether oxygens (including phenoxy) is 1. The van der Waals surface area contributed by atoms with Gasteiger partial charge in [-0.15, -0.1) is 11.8 Å². The highest BCUT2D eigenvalue weighted by Crippen LogP contribution is 2.25. The minimum atomic E-state index is -0.851. The van der Waals surface area contributed by atoms with Crippen LogP contribution in [-0.2, 0) is 18.3 Å². The predicted molar refractivity (Wildman–Crippen MR) is 126 cm³/mol. The average molecular weight is 488 g/mol.